The minimum atomic E-state index is -0.468. The summed E-state index contributed by atoms with van der Waals surface area (Å²) < 4.78 is 15.7. The smallest absolute Gasteiger partial charge is 0.271 e. The highest BCUT2D eigenvalue weighted by molar-refractivity contribution is 7.07. The SMILES string of the molecule is O=C1CCCC2=C1[C@@H](c1ccccc1)n1c(s/c(=C/c3cccc(F)c3)c1=O)=N2. The van der Waals surface area contributed by atoms with Gasteiger partial charge >= 0.3 is 0 Å². The Bertz CT molecular complexity index is 1340. The van der Waals surface area contributed by atoms with Crippen molar-refractivity contribution in [3.05, 3.63) is 102 Å². The number of ketones is 1. The second-order valence-corrected chi connectivity index (χ2v) is 8.19. The molecule has 5 rings (SSSR count). The standard InChI is InChI=1S/C23H17FN2O2S/c24-16-9-4-6-14(12-16)13-19-22(28)26-21(15-7-2-1-3-8-15)20-17(25-23(26)29-19)10-5-11-18(20)27/h1-4,6-9,12-13,21H,5,10-11H2/b19-13+/t21-/m1/s1. The number of benzene rings is 2. The molecule has 0 saturated heterocycles. The first kappa shape index (κ1) is 17.9. The molecule has 1 aliphatic heterocycles. The van der Waals surface area contributed by atoms with Gasteiger partial charge in [-0.2, -0.15) is 0 Å². The Morgan fingerprint density at radius 2 is 1.90 bits per heavy atom. The second kappa shape index (κ2) is 7.04. The second-order valence-electron chi connectivity index (χ2n) is 7.19. The number of allylic oxidation sites excluding steroid dienone is 2. The Balaban J connectivity index is 1.77. The number of nitrogens with zero attached hydrogens (tertiary/aromatic N) is 2. The molecule has 1 atom stereocenters. The van der Waals surface area contributed by atoms with Crippen molar-refractivity contribution in [1.29, 1.82) is 0 Å². The van der Waals surface area contributed by atoms with Crippen molar-refractivity contribution in [2.75, 3.05) is 0 Å². The number of hydrogen-bond donors (Lipinski definition) is 0. The van der Waals surface area contributed by atoms with Crippen molar-refractivity contribution < 1.29 is 9.18 Å². The van der Waals surface area contributed by atoms with Crippen molar-refractivity contribution >= 4 is 23.2 Å². The molecule has 3 aromatic rings. The molecule has 144 valence electrons. The van der Waals surface area contributed by atoms with Gasteiger partial charge in [-0.15, -0.1) is 0 Å². The molecule has 0 fully saturated rings. The van der Waals surface area contributed by atoms with Crippen LogP contribution >= 0.6 is 11.3 Å². The van der Waals surface area contributed by atoms with Crippen LogP contribution in [0.15, 0.2) is 75.7 Å². The van der Waals surface area contributed by atoms with Crippen LogP contribution in [0.5, 0.6) is 0 Å². The van der Waals surface area contributed by atoms with Crippen LogP contribution in [0.1, 0.15) is 36.4 Å². The zero-order valence-corrected chi connectivity index (χ0v) is 16.3. The minimum Gasteiger partial charge on any atom is -0.294 e. The maximum Gasteiger partial charge on any atom is 0.271 e. The van der Waals surface area contributed by atoms with Crippen LogP contribution in [0.4, 0.5) is 4.39 Å². The van der Waals surface area contributed by atoms with Crippen LogP contribution in [0.25, 0.3) is 6.08 Å². The molecule has 6 heteroatoms. The summed E-state index contributed by atoms with van der Waals surface area (Å²) in [5.41, 5.74) is 2.72. The quantitative estimate of drug-likeness (QED) is 0.659. The van der Waals surface area contributed by atoms with E-state index in [1.807, 2.05) is 30.3 Å². The molecule has 1 aliphatic carbocycles. The fourth-order valence-corrected chi connectivity index (χ4v) is 5.03. The molecule has 0 bridgehead atoms. The van der Waals surface area contributed by atoms with Crippen LogP contribution in [0.2, 0.25) is 0 Å². The summed E-state index contributed by atoms with van der Waals surface area (Å²) in [6.07, 6.45) is 3.67. The number of carbonyl (C=O) groups is 1. The van der Waals surface area contributed by atoms with E-state index >= 15 is 0 Å². The number of carbonyl (C=O) groups excluding carboxylic acids is 1. The van der Waals surface area contributed by atoms with Crippen molar-refractivity contribution in [2.24, 2.45) is 4.99 Å². The van der Waals surface area contributed by atoms with Crippen LogP contribution in [-0.4, -0.2) is 10.4 Å². The average molecular weight is 404 g/mol. The predicted molar refractivity (Wildman–Crippen MR) is 110 cm³/mol. The van der Waals surface area contributed by atoms with E-state index in [4.69, 9.17) is 0 Å². The van der Waals surface area contributed by atoms with E-state index in [9.17, 15) is 14.0 Å². The average Bonchev–Trinajstić information content (AvgIpc) is 3.02. The number of thiazole rings is 1. The summed E-state index contributed by atoms with van der Waals surface area (Å²) in [5.74, 6) is -0.294. The van der Waals surface area contributed by atoms with Crippen molar-refractivity contribution in [2.45, 2.75) is 25.3 Å². The van der Waals surface area contributed by atoms with Crippen LogP contribution in [0, 0.1) is 5.82 Å². The Morgan fingerprint density at radius 3 is 2.69 bits per heavy atom. The van der Waals surface area contributed by atoms with Gasteiger partial charge in [0.2, 0.25) is 0 Å². The number of hydrogen-bond acceptors (Lipinski definition) is 4. The topological polar surface area (TPSA) is 51.4 Å². The fourth-order valence-electron chi connectivity index (χ4n) is 4.01. The molecule has 0 unspecified atom stereocenters. The van der Waals surface area contributed by atoms with Gasteiger partial charge < -0.3 is 0 Å². The minimum absolute atomic E-state index is 0.0586. The van der Waals surface area contributed by atoms with Gasteiger partial charge in [-0.25, -0.2) is 9.38 Å². The third-order valence-electron chi connectivity index (χ3n) is 5.29. The van der Waals surface area contributed by atoms with Gasteiger partial charge in [0.1, 0.15) is 5.82 Å². The van der Waals surface area contributed by atoms with Gasteiger partial charge in [-0.05, 0) is 42.2 Å². The number of fused-ring (bicyclic) bond motifs is 1. The summed E-state index contributed by atoms with van der Waals surface area (Å²) in [4.78, 5) is 31.4. The summed E-state index contributed by atoms with van der Waals surface area (Å²) in [7, 11) is 0. The van der Waals surface area contributed by atoms with Crippen LogP contribution in [0.3, 0.4) is 0 Å². The third-order valence-corrected chi connectivity index (χ3v) is 6.27. The largest absolute Gasteiger partial charge is 0.294 e. The van der Waals surface area contributed by atoms with Crippen LogP contribution < -0.4 is 14.9 Å². The molecule has 0 N–H and O–H groups in total. The molecule has 4 nitrogen and oxygen atoms in total. The van der Waals surface area contributed by atoms with Crippen molar-refractivity contribution in [3.63, 3.8) is 0 Å². The van der Waals surface area contributed by atoms with E-state index < -0.39 is 6.04 Å². The number of Topliss-reactive ketones (excluding diaryl/α,β-unsaturated/α-hetero) is 1. The summed E-state index contributed by atoms with van der Waals surface area (Å²) in [6, 6.07) is 15.3. The third kappa shape index (κ3) is 3.09. The maximum atomic E-state index is 13.6. The first-order valence-corrected chi connectivity index (χ1v) is 10.3. The Kier molecular flexibility index (Phi) is 4.36. The number of halogens is 1. The highest BCUT2D eigenvalue weighted by atomic mass is 32.1. The molecule has 0 radical (unpaired) electrons. The lowest BCUT2D eigenvalue weighted by molar-refractivity contribution is -0.116. The van der Waals surface area contributed by atoms with Gasteiger partial charge in [-0.1, -0.05) is 53.8 Å². The van der Waals surface area contributed by atoms with E-state index in [0.717, 1.165) is 24.1 Å². The molecule has 2 heterocycles. The molecule has 29 heavy (non-hydrogen) atoms. The molecule has 1 aromatic heterocycles. The van der Waals surface area contributed by atoms with Crippen LogP contribution in [-0.2, 0) is 4.79 Å². The van der Waals surface area contributed by atoms with E-state index in [1.165, 1.54) is 23.5 Å². The normalized spacial score (nSPS) is 19.0. The molecule has 0 spiro atoms. The molecule has 2 aromatic carbocycles. The number of aromatic nitrogens is 1. The predicted octanol–water partition coefficient (Wildman–Crippen LogP) is 3.11. The maximum absolute atomic E-state index is 13.6. The van der Waals surface area contributed by atoms with Gasteiger partial charge in [0.05, 0.1) is 16.3 Å². The van der Waals surface area contributed by atoms with Crippen molar-refractivity contribution in [1.82, 2.24) is 4.57 Å². The van der Waals surface area contributed by atoms with Gasteiger partial charge in [0.15, 0.2) is 10.6 Å². The molecule has 2 aliphatic rings. The summed E-state index contributed by atoms with van der Waals surface area (Å²) in [6.45, 7) is 0. The van der Waals surface area contributed by atoms with E-state index in [-0.39, 0.29) is 17.2 Å². The van der Waals surface area contributed by atoms with Crippen molar-refractivity contribution in [3.8, 4) is 0 Å². The molecular formula is C23H17FN2O2S. The zero-order valence-electron chi connectivity index (χ0n) is 15.5. The van der Waals surface area contributed by atoms with Gasteiger partial charge in [0, 0.05) is 12.0 Å². The van der Waals surface area contributed by atoms with Gasteiger partial charge in [-0.3, -0.25) is 14.2 Å². The Labute approximate surface area is 170 Å². The number of rotatable bonds is 2. The lowest BCUT2D eigenvalue weighted by atomic mass is 9.86. The molecular weight excluding hydrogens is 387 g/mol. The molecule has 0 amide bonds. The van der Waals surface area contributed by atoms with E-state index in [1.54, 1.807) is 22.8 Å². The van der Waals surface area contributed by atoms with Gasteiger partial charge in [0.25, 0.3) is 5.56 Å². The highest BCUT2D eigenvalue weighted by Crippen LogP contribution is 2.35. The monoisotopic (exact) mass is 404 g/mol. The zero-order chi connectivity index (χ0) is 20.0. The first-order chi connectivity index (χ1) is 14.1. The molecule has 0 saturated carbocycles. The lowest BCUT2D eigenvalue weighted by Crippen LogP contribution is -2.40. The summed E-state index contributed by atoms with van der Waals surface area (Å²) >= 11 is 1.28. The summed E-state index contributed by atoms with van der Waals surface area (Å²) in [5, 5.41) is 0. The lowest BCUT2D eigenvalue weighted by Gasteiger charge is -2.28. The first-order valence-electron chi connectivity index (χ1n) is 9.50. The Hall–Kier alpha value is -3.12. The van der Waals surface area contributed by atoms with E-state index in [0.29, 0.717) is 26.9 Å². The van der Waals surface area contributed by atoms with E-state index in [2.05, 4.69) is 4.99 Å². The fraction of sp³-hybridized carbons (Fsp3) is 0.174. The highest BCUT2D eigenvalue weighted by Gasteiger charge is 2.34. The Morgan fingerprint density at radius 1 is 1.07 bits per heavy atom.